The Morgan fingerprint density at radius 3 is 2.84 bits per heavy atom. The molecule has 0 saturated carbocycles. The van der Waals surface area contributed by atoms with Crippen molar-refractivity contribution >= 4 is 28.9 Å². The van der Waals surface area contributed by atoms with Crippen LogP contribution in [0.15, 0.2) is 24.3 Å². The third kappa shape index (κ3) is 4.22. The van der Waals surface area contributed by atoms with Gasteiger partial charge in [0.2, 0.25) is 0 Å². The number of fused-ring (bicyclic) bond motifs is 1. The maximum Gasteiger partial charge on any atom is 0.265 e. The summed E-state index contributed by atoms with van der Waals surface area (Å²) >= 11 is 5.57. The number of nitrogens with one attached hydrogen (secondary N) is 1. The molecule has 0 radical (unpaired) electrons. The number of para-hydroxylation sites is 2. The number of hydrogen-bond acceptors (Lipinski definition) is 4. The third-order valence-electron chi connectivity index (χ3n) is 4.42. The van der Waals surface area contributed by atoms with E-state index in [4.69, 9.17) is 21.7 Å². The van der Waals surface area contributed by atoms with Gasteiger partial charge in [0.05, 0.1) is 25.4 Å². The van der Waals surface area contributed by atoms with Crippen LogP contribution in [0, 0.1) is 0 Å². The quantitative estimate of drug-likeness (QED) is 0.650. The first kappa shape index (κ1) is 17.9. The average Bonchev–Trinajstić information content (AvgIpc) is 2.67. The predicted octanol–water partition coefficient (Wildman–Crippen LogP) is 1.79. The zero-order valence-corrected chi connectivity index (χ0v) is 15.4. The molecule has 25 heavy (non-hydrogen) atoms. The molecule has 1 aromatic carbocycles. The Morgan fingerprint density at radius 2 is 2.08 bits per heavy atom. The van der Waals surface area contributed by atoms with Gasteiger partial charge in [0.1, 0.15) is 5.75 Å². The van der Waals surface area contributed by atoms with Crippen molar-refractivity contribution in [2.45, 2.75) is 25.9 Å². The van der Waals surface area contributed by atoms with Crippen LogP contribution in [-0.4, -0.2) is 61.4 Å². The molecule has 0 aromatic heterocycles. The topological polar surface area (TPSA) is 54.0 Å². The summed E-state index contributed by atoms with van der Waals surface area (Å²) in [6.07, 6.45) is 1.61. The fraction of sp³-hybridized carbons (Fsp3) is 0.556. The number of unbranched alkanes of at least 4 members (excludes halogenated alkanes) is 1. The first-order valence-corrected chi connectivity index (χ1v) is 9.29. The summed E-state index contributed by atoms with van der Waals surface area (Å²) in [5.74, 6) is 0.694. The van der Waals surface area contributed by atoms with Gasteiger partial charge in [0.25, 0.3) is 5.91 Å². The molecule has 1 amide bonds. The van der Waals surface area contributed by atoms with Crippen molar-refractivity contribution in [3.63, 3.8) is 0 Å². The number of amides is 1. The van der Waals surface area contributed by atoms with Gasteiger partial charge in [-0.15, -0.1) is 0 Å². The molecule has 3 rings (SSSR count). The van der Waals surface area contributed by atoms with E-state index in [0.29, 0.717) is 43.7 Å². The second kappa shape index (κ2) is 8.49. The Hall–Kier alpha value is -1.86. The smallest absolute Gasteiger partial charge is 0.265 e. The second-order valence-corrected chi connectivity index (χ2v) is 6.59. The average molecular weight is 363 g/mol. The third-order valence-corrected chi connectivity index (χ3v) is 4.79. The van der Waals surface area contributed by atoms with Gasteiger partial charge in [-0.3, -0.25) is 4.79 Å². The summed E-state index contributed by atoms with van der Waals surface area (Å²) in [4.78, 5) is 16.6. The highest BCUT2D eigenvalue weighted by Crippen LogP contribution is 2.33. The molecule has 6 nitrogen and oxygen atoms in total. The number of hydrogen-bond donors (Lipinski definition) is 1. The molecule has 1 N–H and O–H groups in total. The van der Waals surface area contributed by atoms with Gasteiger partial charge < -0.3 is 24.6 Å². The van der Waals surface area contributed by atoms with Crippen molar-refractivity contribution in [1.82, 2.24) is 10.2 Å². The van der Waals surface area contributed by atoms with Crippen LogP contribution in [0.2, 0.25) is 0 Å². The van der Waals surface area contributed by atoms with Crippen molar-refractivity contribution in [3.05, 3.63) is 24.3 Å². The molecule has 0 spiro atoms. The summed E-state index contributed by atoms with van der Waals surface area (Å²) in [5.41, 5.74) is 0.905. The molecule has 1 atom stereocenters. The lowest BCUT2D eigenvalue weighted by Gasteiger charge is -2.38. The van der Waals surface area contributed by atoms with Gasteiger partial charge in [-0.2, -0.15) is 0 Å². The minimum absolute atomic E-state index is 0.000777. The minimum atomic E-state index is -0.557. The summed E-state index contributed by atoms with van der Waals surface area (Å²) in [6.45, 7) is 5.78. The number of morpholine rings is 1. The normalized spacial score (nSPS) is 19.8. The maximum absolute atomic E-state index is 12.8. The summed E-state index contributed by atoms with van der Waals surface area (Å²) < 4.78 is 11.3. The Kier molecular flexibility index (Phi) is 6.09. The lowest BCUT2D eigenvalue weighted by atomic mass is 10.1. The molecule has 0 unspecified atom stereocenters. The Labute approximate surface area is 154 Å². The van der Waals surface area contributed by atoms with Crippen LogP contribution < -0.4 is 15.0 Å². The van der Waals surface area contributed by atoms with E-state index in [1.165, 1.54) is 0 Å². The lowest BCUT2D eigenvalue weighted by molar-refractivity contribution is -0.142. The fourth-order valence-electron chi connectivity index (χ4n) is 3.01. The molecule has 0 bridgehead atoms. The highest BCUT2D eigenvalue weighted by Gasteiger charge is 2.35. The van der Waals surface area contributed by atoms with Crippen LogP contribution in [0.25, 0.3) is 0 Å². The number of benzene rings is 1. The van der Waals surface area contributed by atoms with Crippen LogP contribution in [0.1, 0.15) is 19.8 Å². The number of carbonyl (C=O) groups is 1. The minimum Gasteiger partial charge on any atom is -0.476 e. The lowest BCUT2D eigenvalue weighted by Crippen LogP contribution is -2.55. The zero-order chi connectivity index (χ0) is 17.6. The van der Waals surface area contributed by atoms with Crippen LogP contribution in [0.5, 0.6) is 5.75 Å². The summed E-state index contributed by atoms with van der Waals surface area (Å²) in [6, 6.07) is 7.72. The van der Waals surface area contributed by atoms with Crippen molar-refractivity contribution in [2.24, 2.45) is 0 Å². The van der Waals surface area contributed by atoms with Crippen LogP contribution >= 0.6 is 12.2 Å². The Morgan fingerprint density at radius 1 is 1.32 bits per heavy atom. The molecule has 1 saturated heterocycles. The van der Waals surface area contributed by atoms with Crippen molar-refractivity contribution in [2.75, 3.05) is 44.3 Å². The SMILES string of the molecule is CCCCNC(=S)N1C[C@@H](C(=O)N2CCOCC2)Oc2ccccc21. The standard InChI is InChI=1S/C18H25N3O3S/c1-2-3-8-19-18(25)21-13-16(17(22)20-9-11-23-12-10-20)24-15-7-5-4-6-14(15)21/h4-7,16H,2-3,8-13H2,1H3,(H,19,25)/t16-/m0/s1. The van der Waals surface area contributed by atoms with Crippen molar-refractivity contribution in [3.8, 4) is 5.75 Å². The number of nitrogens with zero attached hydrogens (tertiary/aromatic N) is 2. The molecular weight excluding hydrogens is 338 g/mol. The van der Waals surface area contributed by atoms with Crippen LogP contribution in [0.4, 0.5) is 5.69 Å². The number of thiocarbonyl (C=S) groups is 1. The van der Waals surface area contributed by atoms with Gasteiger partial charge in [-0.05, 0) is 30.8 Å². The number of ether oxygens (including phenoxy) is 2. The molecule has 2 aliphatic heterocycles. The maximum atomic E-state index is 12.8. The predicted molar refractivity (Wildman–Crippen MR) is 101 cm³/mol. The van der Waals surface area contributed by atoms with Gasteiger partial charge in [0, 0.05) is 19.6 Å². The van der Waals surface area contributed by atoms with E-state index in [9.17, 15) is 4.79 Å². The summed E-state index contributed by atoms with van der Waals surface area (Å²) in [7, 11) is 0. The number of carbonyl (C=O) groups excluding carboxylic acids is 1. The van der Waals surface area contributed by atoms with Crippen LogP contribution in [0.3, 0.4) is 0 Å². The van der Waals surface area contributed by atoms with E-state index >= 15 is 0 Å². The van der Waals surface area contributed by atoms with Gasteiger partial charge in [-0.1, -0.05) is 25.5 Å². The molecule has 7 heteroatoms. The fourth-order valence-corrected chi connectivity index (χ4v) is 3.29. The molecule has 136 valence electrons. The molecular formula is C18H25N3O3S. The number of rotatable bonds is 4. The molecule has 1 fully saturated rings. The van der Waals surface area contributed by atoms with Crippen molar-refractivity contribution in [1.29, 1.82) is 0 Å². The van der Waals surface area contributed by atoms with E-state index in [0.717, 1.165) is 25.1 Å². The Bertz CT molecular complexity index is 619. The van der Waals surface area contributed by atoms with Crippen molar-refractivity contribution < 1.29 is 14.3 Å². The Balaban J connectivity index is 1.75. The zero-order valence-electron chi connectivity index (χ0n) is 14.6. The largest absolute Gasteiger partial charge is 0.476 e. The van der Waals surface area contributed by atoms with E-state index in [1.54, 1.807) is 0 Å². The van der Waals surface area contributed by atoms with E-state index < -0.39 is 6.10 Å². The van der Waals surface area contributed by atoms with Gasteiger partial charge in [-0.25, -0.2) is 0 Å². The summed E-state index contributed by atoms with van der Waals surface area (Å²) in [5, 5.41) is 3.93. The molecule has 1 aromatic rings. The second-order valence-electron chi connectivity index (χ2n) is 6.21. The van der Waals surface area contributed by atoms with Gasteiger partial charge >= 0.3 is 0 Å². The van der Waals surface area contributed by atoms with E-state index in [2.05, 4.69) is 12.2 Å². The van der Waals surface area contributed by atoms with Crippen LogP contribution in [-0.2, 0) is 9.53 Å². The monoisotopic (exact) mass is 363 g/mol. The van der Waals surface area contributed by atoms with E-state index in [1.807, 2.05) is 34.1 Å². The first-order chi connectivity index (χ1) is 12.2. The highest BCUT2D eigenvalue weighted by atomic mass is 32.1. The first-order valence-electron chi connectivity index (χ1n) is 8.88. The number of anilines is 1. The molecule has 2 heterocycles. The highest BCUT2D eigenvalue weighted by molar-refractivity contribution is 7.80. The molecule has 0 aliphatic carbocycles. The molecule has 2 aliphatic rings. The van der Waals surface area contributed by atoms with Gasteiger partial charge in [0.15, 0.2) is 11.2 Å². The van der Waals surface area contributed by atoms with E-state index in [-0.39, 0.29) is 5.91 Å².